The standard InChI is InChI=1S/C15H18F2N4/c1-21-12(10-19-20-21)9-18-15(6-2-3-7-15)13-5-4-11(16)8-14(13)17/h4-5,8,10,18H,2-3,6-7,9H2,1H3. The molecular weight excluding hydrogens is 274 g/mol. The largest absolute Gasteiger partial charge is 0.302 e. The summed E-state index contributed by atoms with van der Waals surface area (Å²) in [7, 11) is 1.82. The molecule has 0 saturated heterocycles. The molecule has 1 aromatic heterocycles. The maximum Gasteiger partial charge on any atom is 0.131 e. The third-order valence-electron chi connectivity index (χ3n) is 4.32. The molecule has 1 aliphatic carbocycles. The number of hydrogen-bond donors (Lipinski definition) is 1. The zero-order valence-corrected chi connectivity index (χ0v) is 11.9. The van der Waals surface area contributed by atoms with Crippen molar-refractivity contribution in [3.63, 3.8) is 0 Å². The van der Waals surface area contributed by atoms with Gasteiger partial charge in [-0.2, -0.15) is 0 Å². The summed E-state index contributed by atoms with van der Waals surface area (Å²) in [6.45, 7) is 0.556. The van der Waals surface area contributed by atoms with Gasteiger partial charge in [-0.1, -0.05) is 24.1 Å². The van der Waals surface area contributed by atoms with Gasteiger partial charge in [-0.15, -0.1) is 5.10 Å². The molecule has 0 radical (unpaired) electrons. The SMILES string of the molecule is Cn1nncc1CNC1(c2ccc(F)cc2F)CCCC1. The van der Waals surface area contributed by atoms with Gasteiger partial charge in [-0.25, -0.2) is 8.78 Å². The first-order chi connectivity index (χ1) is 10.1. The van der Waals surface area contributed by atoms with Crippen molar-refractivity contribution in [2.45, 2.75) is 37.8 Å². The van der Waals surface area contributed by atoms with Crippen LogP contribution < -0.4 is 5.32 Å². The van der Waals surface area contributed by atoms with Crippen molar-refractivity contribution in [1.82, 2.24) is 20.3 Å². The third kappa shape index (κ3) is 2.68. The van der Waals surface area contributed by atoms with E-state index in [1.807, 2.05) is 7.05 Å². The maximum absolute atomic E-state index is 14.2. The van der Waals surface area contributed by atoms with Crippen molar-refractivity contribution in [2.75, 3.05) is 0 Å². The second-order valence-electron chi connectivity index (χ2n) is 5.62. The Morgan fingerprint density at radius 1 is 1.29 bits per heavy atom. The Bertz CT molecular complexity index is 632. The van der Waals surface area contributed by atoms with Crippen LogP contribution in [0.1, 0.15) is 36.9 Å². The molecule has 6 heteroatoms. The van der Waals surface area contributed by atoms with E-state index in [9.17, 15) is 8.78 Å². The van der Waals surface area contributed by atoms with Gasteiger partial charge in [0.15, 0.2) is 0 Å². The second kappa shape index (κ2) is 5.52. The van der Waals surface area contributed by atoms with E-state index in [0.717, 1.165) is 37.4 Å². The predicted molar refractivity (Wildman–Crippen MR) is 74.3 cm³/mol. The van der Waals surface area contributed by atoms with Crippen LogP contribution >= 0.6 is 0 Å². The molecular formula is C15H18F2N4. The summed E-state index contributed by atoms with van der Waals surface area (Å²) in [4.78, 5) is 0. The van der Waals surface area contributed by atoms with Gasteiger partial charge < -0.3 is 5.32 Å². The average Bonchev–Trinajstić information content (AvgIpc) is 3.06. The number of nitrogens with one attached hydrogen (secondary N) is 1. The predicted octanol–water partition coefficient (Wildman–Crippen LogP) is 2.65. The van der Waals surface area contributed by atoms with Gasteiger partial charge in [0.2, 0.25) is 0 Å². The highest BCUT2D eigenvalue weighted by Gasteiger charge is 2.37. The van der Waals surface area contributed by atoms with E-state index in [4.69, 9.17) is 0 Å². The molecule has 2 aromatic rings. The smallest absolute Gasteiger partial charge is 0.131 e. The monoisotopic (exact) mass is 292 g/mol. The quantitative estimate of drug-likeness (QED) is 0.942. The van der Waals surface area contributed by atoms with E-state index in [-0.39, 0.29) is 0 Å². The second-order valence-corrected chi connectivity index (χ2v) is 5.62. The zero-order chi connectivity index (χ0) is 14.9. The molecule has 1 heterocycles. The molecule has 1 aromatic carbocycles. The lowest BCUT2D eigenvalue weighted by Gasteiger charge is -2.31. The van der Waals surface area contributed by atoms with Gasteiger partial charge in [0.05, 0.1) is 11.9 Å². The summed E-state index contributed by atoms with van der Waals surface area (Å²) in [5.74, 6) is -1.02. The van der Waals surface area contributed by atoms with Crippen LogP contribution in [-0.4, -0.2) is 15.0 Å². The first-order valence-electron chi connectivity index (χ1n) is 7.15. The molecule has 1 saturated carbocycles. The Balaban J connectivity index is 1.87. The molecule has 3 rings (SSSR count). The maximum atomic E-state index is 14.2. The van der Waals surface area contributed by atoms with Crippen molar-refractivity contribution in [1.29, 1.82) is 0 Å². The Morgan fingerprint density at radius 2 is 2.05 bits per heavy atom. The minimum atomic E-state index is -0.541. The van der Waals surface area contributed by atoms with Crippen LogP contribution in [0, 0.1) is 11.6 Å². The highest BCUT2D eigenvalue weighted by atomic mass is 19.1. The van der Waals surface area contributed by atoms with Crippen molar-refractivity contribution in [3.8, 4) is 0 Å². The fourth-order valence-corrected chi connectivity index (χ4v) is 3.13. The van der Waals surface area contributed by atoms with Gasteiger partial charge in [0.25, 0.3) is 0 Å². The van der Waals surface area contributed by atoms with E-state index in [2.05, 4.69) is 15.6 Å². The highest BCUT2D eigenvalue weighted by molar-refractivity contribution is 5.28. The van der Waals surface area contributed by atoms with Crippen LogP contribution in [0.15, 0.2) is 24.4 Å². The molecule has 0 atom stereocenters. The summed E-state index contributed by atoms with van der Waals surface area (Å²) < 4.78 is 29.0. The van der Waals surface area contributed by atoms with E-state index >= 15 is 0 Å². The fourth-order valence-electron chi connectivity index (χ4n) is 3.13. The molecule has 0 amide bonds. The van der Waals surface area contributed by atoms with Crippen molar-refractivity contribution < 1.29 is 8.78 Å². The van der Waals surface area contributed by atoms with Gasteiger partial charge in [-0.05, 0) is 18.9 Å². The van der Waals surface area contributed by atoms with Crippen molar-refractivity contribution in [2.24, 2.45) is 7.05 Å². The lowest BCUT2D eigenvalue weighted by Crippen LogP contribution is -2.40. The minimum absolute atomic E-state index is 0.429. The Morgan fingerprint density at radius 3 is 2.67 bits per heavy atom. The highest BCUT2D eigenvalue weighted by Crippen LogP contribution is 2.40. The number of halogens is 2. The van der Waals surface area contributed by atoms with Crippen LogP contribution in [-0.2, 0) is 19.1 Å². The van der Waals surface area contributed by atoms with Gasteiger partial charge >= 0.3 is 0 Å². The van der Waals surface area contributed by atoms with E-state index in [1.54, 1.807) is 16.9 Å². The number of hydrogen-bond acceptors (Lipinski definition) is 3. The molecule has 112 valence electrons. The van der Waals surface area contributed by atoms with Crippen LogP contribution in [0.25, 0.3) is 0 Å². The summed E-state index contributed by atoms with van der Waals surface area (Å²) >= 11 is 0. The fraction of sp³-hybridized carbons (Fsp3) is 0.467. The summed E-state index contributed by atoms with van der Waals surface area (Å²) in [6.07, 6.45) is 5.46. The van der Waals surface area contributed by atoms with Gasteiger partial charge in [0, 0.05) is 30.8 Å². The van der Waals surface area contributed by atoms with Gasteiger partial charge in [-0.3, -0.25) is 4.68 Å². The summed E-state index contributed by atoms with van der Waals surface area (Å²) in [5, 5.41) is 11.2. The van der Waals surface area contributed by atoms with Crippen LogP contribution in [0.5, 0.6) is 0 Å². The van der Waals surface area contributed by atoms with E-state index in [1.165, 1.54) is 6.07 Å². The molecule has 0 spiro atoms. The summed E-state index contributed by atoms with van der Waals surface area (Å²) in [6, 6.07) is 3.85. The average molecular weight is 292 g/mol. The first kappa shape index (κ1) is 14.1. The first-order valence-corrected chi connectivity index (χ1v) is 7.15. The number of benzene rings is 1. The molecule has 0 aliphatic heterocycles. The normalized spacial score (nSPS) is 17.3. The number of aryl methyl sites for hydroxylation is 1. The molecule has 0 unspecified atom stereocenters. The van der Waals surface area contributed by atoms with E-state index in [0.29, 0.717) is 12.1 Å². The molecule has 1 fully saturated rings. The molecule has 1 aliphatic rings. The molecule has 4 nitrogen and oxygen atoms in total. The van der Waals surface area contributed by atoms with Crippen LogP contribution in [0.3, 0.4) is 0 Å². The van der Waals surface area contributed by atoms with Crippen LogP contribution in [0.2, 0.25) is 0 Å². The molecule has 21 heavy (non-hydrogen) atoms. The lowest BCUT2D eigenvalue weighted by molar-refractivity contribution is 0.320. The topological polar surface area (TPSA) is 42.7 Å². The molecule has 1 N–H and O–H groups in total. The Labute approximate surface area is 122 Å². The zero-order valence-electron chi connectivity index (χ0n) is 11.9. The number of rotatable bonds is 4. The summed E-state index contributed by atoms with van der Waals surface area (Å²) in [5.41, 5.74) is 1.06. The van der Waals surface area contributed by atoms with Crippen LogP contribution in [0.4, 0.5) is 8.78 Å². The van der Waals surface area contributed by atoms with Gasteiger partial charge in [0.1, 0.15) is 11.6 Å². The minimum Gasteiger partial charge on any atom is -0.302 e. The van der Waals surface area contributed by atoms with Crippen molar-refractivity contribution >= 4 is 0 Å². The molecule has 0 bridgehead atoms. The van der Waals surface area contributed by atoms with E-state index < -0.39 is 17.2 Å². The number of nitrogens with zero attached hydrogens (tertiary/aromatic N) is 3. The third-order valence-corrected chi connectivity index (χ3v) is 4.32. The Hall–Kier alpha value is -1.82. The van der Waals surface area contributed by atoms with Crippen molar-refractivity contribution in [3.05, 3.63) is 47.3 Å². The Kier molecular flexibility index (Phi) is 3.71. The lowest BCUT2D eigenvalue weighted by atomic mass is 9.87. The number of aromatic nitrogens is 3.